The number of phenols is 1. The number of ether oxygens (including phenoxy) is 7. The van der Waals surface area contributed by atoms with Crippen LogP contribution < -0.4 is 33.2 Å². The van der Waals surface area contributed by atoms with Crippen LogP contribution in [0.4, 0.5) is 0 Å². The van der Waals surface area contributed by atoms with Gasteiger partial charge in [0.15, 0.2) is 5.78 Å². The second-order valence-electron chi connectivity index (χ2n) is 13.9. The van der Waals surface area contributed by atoms with E-state index in [0.29, 0.717) is 51.0 Å². The smallest absolute Gasteiger partial charge is 0.343 e. The lowest BCUT2D eigenvalue weighted by Gasteiger charge is -2.08. The van der Waals surface area contributed by atoms with Crippen LogP contribution >= 0.6 is 0 Å². The molecule has 1 N–H and O–H groups in total. The molecule has 0 saturated heterocycles. The average Bonchev–Trinajstić information content (AvgIpc) is 3.52. The predicted octanol–water partition coefficient (Wildman–Crippen LogP) is 17.1. The van der Waals surface area contributed by atoms with Crippen LogP contribution in [0.15, 0.2) is 170 Å². The van der Waals surface area contributed by atoms with Crippen molar-refractivity contribution >= 4 is 29.7 Å². The molecule has 0 atom stereocenters. The Labute approximate surface area is 477 Å². The summed E-state index contributed by atoms with van der Waals surface area (Å²) >= 11 is 0. The maximum atomic E-state index is 12.2. The molecule has 7 aromatic rings. The van der Waals surface area contributed by atoms with Crippen molar-refractivity contribution in [2.24, 2.45) is 0 Å². The largest absolute Gasteiger partial charge is 0.507 e. The van der Waals surface area contributed by atoms with E-state index < -0.39 is 17.9 Å². The van der Waals surface area contributed by atoms with Crippen LogP contribution in [0.25, 0.3) is 0 Å². The number of hydrogen-bond donors (Lipinski definition) is 1. The van der Waals surface area contributed by atoms with E-state index in [1.165, 1.54) is 79.6 Å². The normalized spacial score (nSPS) is 8.79. The Balaban J connectivity index is -0.00000103. The van der Waals surface area contributed by atoms with Gasteiger partial charge in [-0.25, -0.2) is 9.59 Å². The molecule has 0 aliphatic heterocycles. The third-order valence-electron chi connectivity index (χ3n) is 9.18. The van der Waals surface area contributed by atoms with Crippen molar-refractivity contribution < 1.29 is 62.2 Å². The second-order valence-corrected chi connectivity index (χ2v) is 13.9. The van der Waals surface area contributed by atoms with Crippen molar-refractivity contribution in [2.75, 3.05) is 21.3 Å². The van der Waals surface area contributed by atoms with Crippen molar-refractivity contribution in [1.29, 1.82) is 0 Å². The lowest BCUT2D eigenvalue weighted by atomic mass is 10.0. The highest BCUT2D eigenvalue weighted by Crippen LogP contribution is 2.24. The molecule has 0 aromatic heterocycles. The van der Waals surface area contributed by atoms with E-state index in [2.05, 4.69) is 0 Å². The second kappa shape index (κ2) is 47.5. The Morgan fingerprint density at radius 3 is 0.875 bits per heavy atom. The van der Waals surface area contributed by atoms with Gasteiger partial charge in [-0.05, 0) is 151 Å². The van der Waals surface area contributed by atoms with Gasteiger partial charge in [-0.1, -0.05) is 133 Å². The first-order valence-electron chi connectivity index (χ1n) is 27.2. The van der Waals surface area contributed by atoms with E-state index in [1.807, 2.05) is 133 Å². The van der Waals surface area contributed by atoms with Gasteiger partial charge >= 0.3 is 23.9 Å². The van der Waals surface area contributed by atoms with Gasteiger partial charge in [0.1, 0.15) is 46.0 Å². The van der Waals surface area contributed by atoms with Gasteiger partial charge in [0.25, 0.3) is 0 Å². The number of esters is 4. The molecule has 0 bridgehead atoms. The Morgan fingerprint density at radius 2 is 0.575 bits per heavy atom. The molecule has 0 aliphatic carbocycles. The van der Waals surface area contributed by atoms with Gasteiger partial charge in [-0.3, -0.25) is 14.4 Å². The molecule has 7 rings (SSSR count). The Hall–Kier alpha value is -8.71. The fraction of sp³-hybridized carbons (Fsp3) is 0.299. The highest BCUT2D eigenvalue weighted by Gasteiger charge is 2.14. The highest BCUT2D eigenvalue weighted by atomic mass is 16.5. The number of carbonyl (C=O) groups excluding carboxylic acids is 5. The standard InChI is InChI=1S/C23H18O7.C16H16O3.C14H12O3.7C2H6/c1-15(24)28-19-9-5-17(6-10-19)23(26)30-21-13-11-20(12-14-21)29-22(25)16-3-7-18(27-2)8-4-16;1-12(17)19-16-9-5-14(6-10-16)11-13-3-7-15(18-2)8-4-13;1-17-11-8-6-10(7-9-11)14(16)12-4-2-3-5-13(12)15;7*1-2/h3-14H,1-2H3;3-10H,11H2,1-2H3;2-9,15H,1H3;7*1-2H3. The van der Waals surface area contributed by atoms with Crippen LogP contribution in [0.5, 0.6) is 46.0 Å². The summed E-state index contributed by atoms with van der Waals surface area (Å²) in [5, 5.41) is 9.60. The van der Waals surface area contributed by atoms with E-state index in [-0.39, 0.29) is 23.3 Å². The van der Waals surface area contributed by atoms with E-state index in [4.69, 9.17) is 33.2 Å². The van der Waals surface area contributed by atoms with E-state index in [1.54, 1.807) is 100 Å². The maximum absolute atomic E-state index is 12.2. The van der Waals surface area contributed by atoms with Gasteiger partial charge in [-0.15, -0.1) is 0 Å². The fourth-order valence-electron chi connectivity index (χ4n) is 5.84. The van der Waals surface area contributed by atoms with Gasteiger partial charge in [0.05, 0.1) is 38.0 Å². The molecule has 0 amide bonds. The number of hydrogen-bond acceptors (Lipinski definition) is 13. The highest BCUT2D eigenvalue weighted by molar-refractivity contribution is 6.10. The van der Waals surface area contributed by atoms with Crippen molar-refractivity contribution in [2.45, 2.75) is 117 Å². The van der Waals surface area contributed by atoms with Gasteiger partial charge < -0.3 is 38.3 Å². The Bertz CT molecular complexity index is 2700. The summed E-state index contributed by atoms with van der Waals surface area (Å²) in [6, 6.07) is 47.4. The molecule has 13 nitrogen and oxygen atoms in total. The average molecular weight is 1100 g/mol. The molecule has 7 aromatic carbocycles. The van der Waals surface area contributed by atoms with E-state index in [0.717, 1.165) is 12.2 Å². The van der Waals surface area contributed by atoms with Crippen LogP contribution in [0.2, 0.25) is 0 Å². The van der Waals surface area contributed by atoms with Crippen molar-refractivity contribution in [1.82, 2.24) is 0 Å². The number of carbonyl (C=O) groups is 5. The van der Waals surface area contributed by atoms with E-state index >= 15 is 0 Å². The minimum Gasteiger partial charge on any atom is -0.507 e. The number of benzene rings is 7. The summed E-state index contributed by atoms with van der Waals surface area (Å²) in [5.41, 5.74) is 3.87. The van der Waals surface area contributed by atoms with Crippen LogP contribution in [0.3, 0.4) is 0 Å². The molecule has 434 valence electrons. The minimum atomic E-state index is -0.577. The van der Waals surface area contributed by atoms with Gasteiger partial charge in [0, 0.05) is 19.4 Å². The summed E-state index contributed by atoms with van der Waals surface area (Å²) in [4.78, 5) is 58.2. The summed E-state index contributed by atoms with van der Waals surface area (Å²) < 4.78 is 35.7. The zero-order valence-electron chi connectivity index (χ0n) is 50.7. The van der Waals surface area contributed by atoms with Gasteiger partial charge in [-0.2, -0.15) is 0 Å². The van der Waals surface area contributed by atoms with Gasteiger partial charge in [0.2, 0.25) is 0 Å². The molecule has 0 saturated carbocycles. The molecular formula is C67H88O13. The topological polar surface area (TPSA) is 170 Å². The summed E-state index contributed by atoms with van der Waals surface area (Å²) in [5.74, 6) is 1.64. The zero-order chi connectivity index (χ0) is 61.4. The molecule has 0 fully saturated rings. The molecule has 13 heteroatoms. The predicted molar refractivity (Wildman–Crippen MR) is 325 cm³/mol. The Kier molecular flexibility index (Phi) is 44.8. The number of para-hydroxylation sites is 1. The molecular weight excluding hydrogens is 1010 g/mol. The van der Waals surface area contributed by atoms with E-state index in [9.17, 15) is 29.1 Å². The van der Waals surface area contributed by atoms with Crippen LogP contribution in [-0.4, -0.2) is 56.1 Å². The number of aromatic hydroxyl groups is 1. The zero-order valence-corrected chi connectivity index (χ0v) is 50.7. The molecule has 0 aliphatic rings. The molecule has 0 radical (unpaired) electrons. The number of phenolic OH excluding ortho intramolecular Hbond substituents is 1. The van der Waals surface area contributed by atoms with Crippen molar-refractivity contribution in [3.05, 3.63) is 203 Å². The SMILES string of the molecule is CC.CC.CC.CC.CC.CC.CC.COc1ccc(C(=O)Oc2ccc(OC(=O)c3ccc(OC(C)=O)cc3)cc2)cc1.COc1ccc(C(=O)c2ccccc2O)cc1.COc1ccc(Cc2ccc(OC(C)=O)cc2)cc1. The third-order valence-corrected chi connectivity index (χ3v) is 9.18. The fourth-order valence-corrected chi connectivity index (χ4v) is 5.84. The first kappa shape index (κ1) is 75.5. The van der Waals surface area contributed by atoms with Crippen molar-refractivity contribution in [3.63, 3.8) is 0 Å². The molecule has 80 heavy (non-hydrogen) atoms. The third kappa shape index (κ3) is 29.7. The first-order chi connectivity index (χ1) is 38.8. The summed E-state index contributed by atoms with van der Waals surface area (Å²) in [6.07, 6.45) is 0.838. The van der Waals surface area contributed by atoms with Crippen LogP contribution in [-0.2, 0) is 16.0 Å². The summed E-state index contributed by atoms with van der Waals surface area (Å²) in [7, 11) is 4.77. The lowest BCUT2D eigenvalue weighted by molar-refractivity contribution is -0.132. The quantitative estimate of drug-likeness (QED) is 0.0658. The maximum Gasteiger partial charge on any atom is 0.343 e. The number of ketones is 1. The minimum absolute atomic E-state index is 0.00619. The lowest BCUT2D eigenvalue weighted by Crippen LogP contribution is -2.10. The molecule has 0 heterocycles. The van der Waals surface area contributed by atoms with Crippen LogP contribution in [0.1, 0.15) is 159 Å². The van der Waals surface area contributed by atoms with Crippen molar-refractivity contribution in [3.8, 4) is 46.0 Å². The Morgan fingerprint density at radius 1 is 0.325 bits per heavy atom. The summed E-state index contributed by atoms with van der Waals surface area (Å²) in [6.45, 7) is 30.7. The monoisotopic (exact) mass is 1100 g/mol. The number of rotatable bonds is 13. The molecule has 0 unspecified atom stereocenters. The first-order valence-corrected chi connectivity index (χ1v) is 27.2. The number of methoxy groups -OCH3 is 3. The molecule has 0 spiro atoms. The van der Waals surface area contributed by atoms with Crippen LogP contribution in [0, 0.1) is 0 Å².